The molecule has 0 heterocycles. The highest BCUT2D eigenvalue weighted by Crippen LogP contribution is 2.27. The average Bonchev–Trinajstić information content (AvgIpc) is 2.38. The van der Waals surface area contributed by atoms with E-state index in [4.69, 9.17) is 27.9 Å². The van der Waals surface area contributed by atoms with Crippen LogP contribution in [0.2, 0.25) is 0 Å². The first-order chi connectivity index (χ1) is 8.22. The van der Waals surface area contributed by atoms with Crippen LogP contribution in [0.25, 0.3) is 0 Å². The Kier molecular flexibility index (Phi) is 6.41. The predicted molar refractivity (Wildman–Crippen MR) is 73.8 cm³/mol. The van der Waals surface area contributed by atoms with Crippen molar-refractivity contribution in [1.82, 2.24) is 5.32 Å². The van der Waals surface area contributed by atoms with Crippen LogP contribution in [0.4, 0.5) is 0 Å². The van der Waals surface area contributed by atoms with Gasteiger partial charge in [-0.25, -0.2) is 0 Å². The second-order valence-corrected chi connectivity index (χ2v) is 4.34. The number of ether oxygens (including phenoxy) is 1. The average molecular weight is 274 g/mol. The molecule has 1 atom stereocenters. The predicted octanol–water partition coefficient (Wildman–Crippen LogP) is 4.05. The molecule has 1 aromatic rings. The van der Waals surface area contributed by atoms with Crippen LogP contribution < -0.4 is 10.1 Å². The summed E-state index contributed by atoms with van der Waals surface area (Å²) in [7, 11) is 1.94. The number of nitrogens with one attached hydrogen (secondary N) is 1. The number of hydrogen-bond donors (Lipinski definition) is 1. The first kappa shape index (κ1) is 14.4. The minimum Gasteiger partial charge on any atom is -0.488 e. The molecule has 0 aliphatic carbocycles. The van der Waals surface area contributed by atoms with Crippen LogP contribution in [0, 0.1) is 0 Å². The lowest BCUT2D eigenvalue weighted by Gasteiger charge is -2.18. The molecule has 0 fully saturated rings. The summed E-state index contributed by atoms with van der Waals surface area (Å²) >= 11 is 11.3. The SMILES string of the molecule is CCC(NC)c1ccccc1OCC(Cl)=CCl. The van der Waals surface area contributed by atoms with Gasteiger partial charge in [0.1, 0.15) is 12.4 Å². The summed E-state index contributed by atoms with van der Waals surface area (Å²) in [6.45, 7) is 2.42. The fraction of sp³-hybridized carbons (Fsp3) is 0.385. The molecule has 0 radical (unpaired) electrons. The highest BCUT2D eigenvalue weighted by Gasteiger charge is 2.12. The molecule has 0 spiro atoms. The van der Waals surface area contributed by atoms with Gasteiger partial charge in [0.15, 0.2) is 0 Å². The van der Waals surface area contributed by atoms with Crippen LogP contribution in [-0.4, -0.2) is 13.7 Å². The molecule has 1 N–H and O–H groups in total. The number of hydrogen-bond acceptors (Lipinski definition) is 2. The fourth-order valence-corrected chi connectivity index (χ4v) is 1.78. The minimum atomic E-state index is 0.282. The second kappa shape index (κ2) is 7.59. The maximum Gasteiger partial charge on any atom is 0.125 e. The molecular formula is C13H17Cl2NO. The number of halogens is 2. The van der Waals surface area contributed by atoms with Gasteiger partial charge < -0.3 is 10.1 Å². The van der Waals surface area contributed by atoms with Crippen LogP contribution in [0.3, 0.4) is 0 Å². The Balaban J connectivity index is 2.84. The van der Waals surface area contributed by atoms with Gasteiger partial charge >= 0.3 is 0 Å². The molecule has 94 valence electrons. The molecule has 0 amide bonds. The van der Waals surface area contributed by atoms with Crippen molar-refractivity contribution in [3.63, 3.8) is 0 Å². The molecule has 0 aliphatic heterocycles. The summed E-state index contributed by atoms with van der Waals surface area (Å²) in [6, 6.07) is 8.22. The summed E-state index contributed by atoms with van der Waals surface area (Å²) in [6.07, 6.45) is 0.996. The Morgan fingerprint density at radius 3 is 2.76 bits per heavy atom. The van der Waals surface area contributed by atoms with E-state index in [0.29, 0.717) is 11.6 Å². The van der Waals surface area contributed by atoms with Crippen LogP contribution in [0.1, 0.15) is 24.9 Å². The van der Waals surface area contributed by atoms with Gasteiger partial charge in [0.05, 0.1) is 5.03 Å². The lowest BCUT2D eigenvalue weighted by atomic mass is 10.0. The van der Waals surface area contributed by atoms with Gasteiger partial charge in [-0.2, -0.15) is 0 Å². The zero-order valence-electron chi connectivity index (χ0n) is 10.0. The molecule has 0 aliphatic rings. The normalized spacial score (nSPS) is 13.5. The number of rotatable bonds is 6. The first-order valence-corrected chi connectivity index (χ1v) is 6.38. The van der Waals surface area contributed by atoms with Crippen molar-refractivity contribution in [1.29, 1.82) is 0 Å². The van der Waals surface area contributed by atoms with Gasteiger partial charge in [-0.05, 0) is 19.5 Å². The van der Waals surface area contributed by atoms with E-state index in [1.807, 2.05) is 25.2 Å². The summed E-state index contributed by atoms with van der Waals surface area (Å²) in [5.41, 5.74) is 2.45. The van der Waals surface area contributed by atoms with E-state index in [9.17, 15) is 0 Å². The van der Waals surface area contributed by atoms with Gasteiger partial charge in [-0.1, -0.05) is 48.3 Å². The van der Waals surface area contributed by atoms with Crippen molar-refractivity contribution in [2.45, 2.75) is 19.4 Å². The zero-order chi connectivity index (χ0) is 12.7. The van der Waals surface area contributed by atoms with Crippen molar-refractivity contribution in [2.75, 3.05) is 13.7 Å². The summed E-state index contributed by atoms with van der Waals surface area (Å²) in [4.78, 5) is 0. The lowest BCUT2D eigenvalue weighted by molar-refractivity contribution is 0.349. The van der Waals surface area contributed by atoms with E-state index in [1.54, 1.807) is 0 Å². The van der Waals surface area contributed by atoms with Crippen LogP contribution in [0.5, 0.6) is 5.75 Å². The maximum absolute atomic E-state index is 5.80. The molecule has 0 bridgehead atoms. The highest BCUT2D eigenvalue weighted by atomic mass is 35.5. The largest absolute Gasteiger partial charge is 0.488 e. The van der Waals surface area contributed by atoms with E-state index in [0.717, 1.165) is 17.7 Å². The third-order valence-corrected chi connectivity index (χ3v) is 3.13. The van der Waals surface area contributed by atoms with Crippen molar-refractivity contribution < 1.29 is 4.74 Å². The van der Waals surface area contributed by atoms with Crippen molar-refractivity contribution in [3.05, 3.63) is 40.4 Å². The van der Waals surface area contributed by atoms with E-state index >= 15 is 0 Å². The number of para-hydroxylation sites is 1. The van der Waals surface area contributed by atoms with Gasteiger partial charge in [0, 0.05) is 17.1 Å². The Bertz CT molecular complexity index is 375. The van der Waals surface area contributed by atoms with Crippen LogP contribution in [-0.2, 0) is 0 Å². The monoisotopic (exact) mass is 273 g/mol. The smallest absolute Gasteiger partial charge is 0.125 e. The third kappa shape index (κ3) is 4.23. The highest BCUT2D eigenvalue weighted by molar-refractivity contribution is 6.36. The van der Waals surface area contributed by atoms with E-state index in [-0.39, 0.29) is 6.04 Å². The topological polar surface area (TPSA) is 21.3 Å². The molecule has 4 heteroatoms. The van der Waals surface area contributed by atoms with Gasteiger partial charge in [0.25, 0.3) is 0 Å². The Labute approximate surface area is 113 Å². The van der Waals surface area contributed by atoms with E-state index in [2.05, 4.69) is 18.3 Å². The molecule has 0 saturated heterocycles. The van der Waals surface area contributed by atoms with E-state index < -0.39 is 0 Å². The molecular weight excluding hydrogens is 257 g/mol. The molecule has 1 aromatic carbocycles. The minimum absolute atomic E-state index is 0.282. The van der Waals surface area contributed by atoms with Crippen LogP contribution >= 0.6 is 23.2 Å². The maximum atomic E-state index is 5.80. The van der Waals surface area contributed by atoms with Crippen molar-refractivity contribution in [2.24, 2.45) is 0 Å². The van der Waals surface area contributed by atoms with E-state index in [1.165, 1.54) is 5.54 Å². The molecule has 0 saturated carbocycles. The molecule has 1 unspecified atom stereocenters. The lowest BCUT2D eigenvalue weighted by Crippen LogP contribution is -2.16. The van der Waals surface area contributed by atoms with Crippen molar-refractivity contribution >= 4 is 23.2 Å². The third-order valence-electron chi connectivity index (χ3n) is 2.54. The summed E-state index contributed by atoms with van der Waals surface area (Å²) in [5.74, 6) is 0.838. The number of benzene rings is 1. The first-order valence-electron chi connectivity index (χ1n) is 5.56. The quantitative estimate of drug-likeness (QED) is 0.844. The molecule has 0 aromatic heterocycles. The van der Waals surface area contributed by atoms with Crippen LogP contribution in [0.15, 0.2) is 34.8 Å². The van der Waals surface area contributed by atoms with Gasteiger partial charge in [-0.15, -0.1) is 0 Å². The summed E-state index contributed by atoms with van der Waals surface area (Å²) in [5, 5.41) is 3.74. The Morgan fingerprint density at radius 1 is 1.47 bits per heavy atom. The molecule has 17 heavy (non-hydrogen) atoms. The van der Waals surface area contributed by atoms with Crippen molar-refractivity contribution in [3.8, 4) is 5.75 Å². The standard InChI is InChI=1S/C13H17Cl2NO/c1-3-12(16-2)11-6-4-5-7-13(11)17-9-10(15)8-14/h4-8,12,16H,3,9H2,1-2H3. The molecule has 2 nitrogen and oxygen atoms in total. The Hall–Kier alpha value is -0.700. The molecule has 1 rings (SSSR count). The summed E-state index contributed by atoms with van der Waals surface area (Å²) < 4.78 is 5.65. The zero-order valence-corrected chi connectivity index (χ0v) is 11.6. The fourth-order valence-electron chi connectivity index (χ4n) is 1.66. The Morgan fingerprint density at radius 2 is 2.18 bits per heavy atom. The van der Waals surface area contributed by atoms with Gasteiger partial charge in [0.2, 0.25) is 0 Å². The van der Waals surface area contributed by atoms with Gasteiger partial charge in [-0.3, -0.25) is 0 Å². The second-order valence-electron chi connectivity index (χ2n) is 3.63.